The largest absolute Gasteiger partial charge is 0.338 e. The molecular weight excluding hydrogens is 335 g/mol. The van der Waals surface area contributed by atoms with Crippen LogP contribution < -0.4 is 5.32 Å². The first-order valence-electron chi connectivity index (χ1n) is 7.50. The van der Waals surface area contributed by atoms with Gasteiger partial charge in [-0.15, -0.1) is 0 Å². The molecular formula is C17H14Cl2N2O2. The van der Waals surface area contributed by atoms with Gasteiger partial charge in [0.15, 0.2) is 5.78 Å². The molecule has 0 saturated carbocycles. The van der Waals surface area contributed by atoms with E-state index in [2.05, 4.69) is 10.5 Å². The Morgan fingerprint density at radius 3 is 2.91 bits per heavy atom. The molecule has 6 heteroatoms. The maximum Gasteiger partial charge on any atom is 0.233 e. The molecule has 0 spiro atoms. The van der Waals surface area contributed by atoms with Gasteiger partial charge in [0.25, 0.3) is 0 Å². The highest BCUT2D eigenvalue weighted by Gasteiger charge is 2.39. The van der Waals surface area contributed by atoms with E-state index >= 15 is 0 Å². The predicted molar refractivity (Wildman–Crippen MR) is 89.1 cm³/mol. The monoisotopic (exact) mass is 348 g/mol. The molecule has 0 radical (unpaired) electrons. The minimum atomic E-state index is -0.259. The van der Waals surface area contributed by atoms with Crippen molar-refractivity contribution in [1.82, 2.24) is 5.16 Å². The van der Waals surface area contributed by atoms with Gasteiger partial charge in [-0.1, -0.05) is 34.4 Å². The van der Waals surface area contributed by atoms with Crippen LogP contribution in [0.15, 0.2) is 34.0 Å². The van der Waals surface area contributed by atoms with Crippen molar-refractivity contribution in [3.63, 3.8) is 0 Å². The Labute approximate surface area is 143 Å². The van der Waals surface area contributed by atoms with E-state index in [1.165, 1.54) is 0 Å². The van der Waals surface area contributed by atoms with Gasteiger partial charge < -0.3 is 9.84 Å². The number of halogens is 2. The van der Waals surface area contributed by atoms with Gasteiger partial charge in [-0.2, -0.15) is 0 Å². The SMILES string of the molecule is Cc1noc2c1[C@H](c1ccc(Cl)cc1Cl)C1=C(CCCC1=O)N2. The van der Waals surface area contributed by atoms with E-state index in [1.54, 1.807) is 12.1 Å². The highest BCUT2D eigenvalue weighted by molar-refractivity contribution is 6.35. The molecule has 1 N–H and O–H groups in total. The van der Waals surface area contributed by atoms with E-state index in [9.17, 15) is 4.79 Å². The second kappa shape index (κ2) is 5.39. The predicted octanol–water partition coefficient (Wildman–Crippen LogP) is 4.85. The van der Waals surface area contributed by atoms with E-state index in [0.717, 1.165) is 40.9 Å². The van der Waals surface area contributed by atoms with Gasteiger partial charge in [0, 0.05) is 33.7 Å². The van der Waals surface area contributed by atoms with Crippen LogP contribution in [0, 0.1) is 6.92 Å². The van der Waals surface area contributed by atoms with Gasteiger partial charge in [-0.05, 0) is 37.5 Å². The summed E-state index contributed by atoms with van der Waals surface area (Å²) in [7, 11) is 0. The third kappa shape index (κ3) is 2.28. The number of aryl methyl sites for hydroxylation is 1. The standard InChI is InChI=1S/C17H14Cl2N2O2/c1-8-14-15(10-6-5-9(18)7-11(10)19)16-12(3-2-4-13(16)22)20-17(14)23-21-8/h5-7,15,20H,2-4H2,1H3/t15-/m0/s1. The number of Topliss-reactive ketones (excluding diaryl/α,β-unsaturated/α-hetero) is 1. The summed E-state index contributed by atoms with van der Waals surface area (Å²) >= 11 is 12.5. The summed E-state index contributed by atoms with van der Waals surface area (Å²) in [5, 5.41) is 8.41. The number of aromatic nitrogens is 1. The molecule has 0 amide bonds. The summed E-state index contributed by atoms with van der Waals surface area (Å²) in [4.78, 5) is 12.6. The van der Waals surface area contributed by atoms with Crippen LogP contribution in [0.5, 0.6) is 0 Å². The first-order valence-corrected chi connectivity index (χ1v) is 8.26. The zero-order valence-corrected chi connectivity index (χ0v) is 14.0. The lowest BCUT2D eigenvalue weighted by Gasteiger charge is -2.31. The Hall–Kier alpha value is -1.78. The summed E-state index contributed by atoms with van der Waals surface area (Å²) in [6.07, 6.45) is 2.22. The fraction of sp³-hybridized carbons (Fsp3) is 0.294. The number of benzene rings is 1. The Balaban J connectivity index is 1.98. The molecule has 2 heterocycles. The number of carbonyl (C=O) groups is 1. The van der Waals surface area contributed by atoms with E-state index in [0.29, 0.717) is 22.4 Å². The van der Waals surface area contributed by atoms with Crippen molar-refractivity contribution in [3.8, 4) is 0 Å². The lowest BCUT2D eigenvalue weighted by atomic mass is 9.76. The van der Waals surface area contributed by atoms with E-state index in [-0.39, 0.29) is 11.7 Å². The van der Waals surface area contributed by atoms with Gasteiger partial charge in [0.05, 0.1) is 11.3 Å². The van der Waals surface area contributed by atoms with E-state index in [4.69, 9.17) is 27.7 Å². The number of allylic oxidation sites excluding steroid dienone is 2. The fourth-order valence-electron chi connectivity index (χ4n) is 3.46. The van der Waals surface area contributed by atoms with Crippen molar-refractivity contribution in [2.45, 2.75) is 32.1 Å². The van der Waals surface area contributed by atoms with Crippen molar-refractivity contribution in [1.29, 1.82) is 0 Å². The van der Waals surface area contributed by atoms with Crippen molar-refractivity contribution >= 4 is 34.9 Å². The topological polar surface area (TPSA) is 55.1 Å². The number of rotatable bonds is 1. The molecule has 1 aromatic heterocycles. The molecule has 0 fully saturated rings. The molecule has 2 aliphatic rings. The second-order valence-electron chi connectivity index (χ2n) is 5.90. The number of nitrogens with one attached hydrogen (secondary N) is 1. The third-order valence-corrected chi connectivity index (χ3v) is 5.04. The van der Waals surface area contributed by atoms with Crippen LogP contribution in [-0.2, 0) is 4.79 Å². The third-order valence-electron chi connectivity index (χ3n) is 4.48. The van der Waals surface area contributed by atoms with Gasteiger partial charge in [-0.3, -0.25) is 4.79 Å². The van der Waals surface area contributed by atoms with Crippen LogP contribution >= 0.6 is 23.2 Å². The van der Waals surface area contributed by atoms with Crippen LogP contribution in [-0.4, -0.2) is 10.9 Å². The normalized spacial score (nSPS) is 20.1. The highest BCUT2D eigenvalue weighted by atomic mass is 35.5. The van der Waals surface area contributed by atoms with Gasteiger partial charge >= 0.3 is 0 Å². The van der Waals surface area contributed by atoms with Crippen molar-refractivity contribution in [2.75, 3.05) is 5.32 Å². The minimum Gasteiger partial charge on any atom is -0.338 e. The smallest absolute Gasteiger partial charge is 0.233 e. The van der Waals surface area contributed by atoms with Gasteiger partial charge in [0.2, 0.25) is 5.88 Å². The maximum atomic E-state index is 12.6. The zero-order valence-electron chi connectivity index (χ0n) is 12.5. The number of carbonyl (C=O) groups excluding carboxylic acids is 1. The first-order chi connectivity index (χ1) is 11.1. The highest BCUT2D eigenvalue weighted by Crippen LogP contribution is 2.48. The Morgan fingerprint density at radius 1 is 1.30 bits per heavy atom. The van der Waals surface area contributed by atoms with Crippen LogP contribution in [0.2, 0.25) is 10.0 Å². The average molecular weight is 349 g/mol. The minimum absolute atomic E-state index is 0.154. The second-order valence-corrected chi connectivity index (χ2v) is 6.75. The molecule has 0 saturated heterocycles. The molecule has 23 heavy (non-hydrogen) atoms. The number of hydrogen-bond acceptors (Lipinski definition) is 4. The van der Waals surface area contributed by atoms with Crippen LogP contribution in [0.3, 0.4) is 0 Å². The summed E-state index contributed by atoms with van der Waals surface area (Å²) in [6, 6.07) is 5.38. The molecule has 0 bridgehead atoms. The molecule has 118 valence electrons. The van der Waals surface area contributed by atoms with E-state index in [1.807, 2.05) is 13.0 Å². The fourth-order valence-corrected chi connectivity index (χ4v) is 3.98. The molecule has 4 nitrogen and oxygen atoms in total. The van der Waals surface area contributed by atoms with Crippen LogP contribution in [0.25, 0.3) is 0 Å². The first kappa shape index (κ1) is 14.8. The quantitative estimate of drug-likeness (QED) is 0.799. The molecule has 2 aromatic rings. The lowest BCUT2D eigenvalue weighted by Crippen LogP contribution is -2.26. The van der Waals surface area contributed by atoms with Crippen LogP contribution in [0.4, 0.5) is 5.88 Å². The summed E-state index contributed by atoms with van der Waals surface area (Å²) < 4.78 is 5.41. The Morgan fingerprint density at radius 2 is 2.13 bits per heavy atom. The number of nitrogens with zero attached hydrogens (tertiary/aromatic N) is 1. The number of hydrogen-bond donors (Lipinski definition) is 1. The van der Waals surface area contributed by atoms with Gasteiger partial charge in [-0.25, -0.2) is 0 Å². The molecule has 0 unspecified atom stereocenters. The summed E-state index contributed by atoms with van der Waals surface area (Å²) in [5.74, 6) is 0.498. The number of ketones is 1. The van der Waals surface area contributed by atoms with Crippen molar-refractivity contribution in [2.24, 2.45) is 0 Å². The molecule has 1 atom stereocenters. The van der Waals surface area contributed by atoms with Crippen LogP contribution in [0.1, 0.15) is 42.0 Å². The Kier molecular flexibility index (Phi) is 3.47. The molecule has 4 rings (SSSR count). The zero-order chi connectivity index (χ0) is 16.1. The summed E-state index contributed by atoms with van der Waals surface area (Å²) in [6.45, 7) is 1.87. The Bertz CT molecular complexity index is 854. The number of anilines is 1. The lowest BCUT2D eigenvalue weighted by molar-refractivity contribution is -0.116. The molecule has 1 aliphatic carbocycles. The van der Waals surface area contributed by atoms with E-state index < -0.39 is 0 Å². The molecule has 1 aromatic carbocycles. The molecule has 1 aliphatic heterocycles. The maximum absolute atomic E-state index is 12.6. The average Bonchev–Trinajstić information content (AvgIpc) is 2.87. The van der Waals surface area contributed by atoms with Crippen molar-refractivity contribution < 1.29 is 9.32 Å². The number of fused-ring (bicyclic) bond motifs is 1. The summed E-state index contributed by atoms with van der Waals surface area (Å²) in [5.41, 5.74) is 4.18. The van der Waals surface area contributed by atoms with Gasteiger partial charge in [0.1, 0.15) is 0 Å². The van der Waals surface area contributed by atoms with Crippen molar-refractivity contribution in [3.05, 3.63) is 56.3 Å².